The lowest BCUT2D eigenvalue weighted by Crippen LogP contribution is -2.45. The molecule has 2 saturated heterocycles. The van der Waals surface area contributed by atoms with Crippen molar-refractivity contribution in [2.75, 3.05) is 5.32 Å². The molecule has 186 valence electrons. The summed E-state index contributed by atoms with van der Waals surface area (Å²) in [6.45, 7) is 0. The zero-order valence-corrected chi connectivity index (χ0v) is 20.1. The Morgan fingerprint density at radius 1 is 1.08 bits per heavy atom. The van der Waals surface area contributed by atoms with Gasteiger partial charge in [-0.3, -0.25) is 9.48 Å². The van der Waals surface area contributed by atoms with Gasteiger partial charge in [0, 0.05) is 24.0 Å². The third-order valence-electron chi connectivity index (χ3n) is 8.44. The van der Waals surface area contributed by atoms with Gasteiger partial charge >= 0.3 is 6.09 Å². The number of nitrogens with zero attached hydrogens (tertiary/aromatic N) is 4. The molecular formula is C27H30N6O3. The van der Waals surface area contributed by atoms with Gasteiger partial charge in [-0.2, -0.15) is 10.4 Å². The average Bonchev–Trinajstić information content (AvgIpc) is 3.39. The number of H-pyrrole nitrogens is 1. The number of rotatable bonds is 4. The van der Waals surface area contributed by atoms with Gasteiger partial charge < -0.3 is 20.3 Å². The van der Waals surface area contributed by atoms with Crippen molar-refractivity contribution in [3.63, 3.8) is 0 Å². The molecule has 1 aliphatic carbocycles. The van der Waals surface area contributed by atoms with Crippen molar-refractivity contribution in [1.29, 1.82) is 5.26 Å². The number of hydrogen-bond donors (Lipinski definition) is 3. The molecule has 2 unspecified atom stereocenters. The van der Waals surface area contributed by atoms with Gasteiger partial charge in [-0.15, -0.1) is 0 Å². The van der Waals surface area contributed by atoms with Crippen molar-refractivity contribution < 1.29 is 9.90 Å². The molecule has 9 heteroatoms. The number of benzene rings is 1. The van der Waals surface area contributed by atoms with Gasteiger partial charge in [0.2, 0.25) is 0 Å². The van der Waals surface area contributed by atoms with Gasteiger partial charge in [0.05, 0.1) is 23.5 Å². The van der Waals surface area contributed by atoms with Crippen molar-refractivity contribution in [1.82, 2.24) is 19.7 Å². The number of amides is 1. The molecular weight excluding hydrogens is 456 g/mol. The minimum atomic E-state index is -0.795. The van der Waals surface area contributed by atoms with Crippen LogP contribution in [0.4, 0.5) is 16.3 Å². The third kappa shape index (κ3) is 3.81. The Balaban J connectivity index is 1.26. The zero-order valence-electron chi connectivity index (χ0n) is 20.1. The van der Waals surface area contributed by atoms with Crippen LogP contribution in [0.25, 0.3) is 10.9 Å². The quantitative estimate of drug-likeness (QED) is 0.470. The second-order valence-corrected chi connectivity index (χ2v) is 10.4. The van der Waals surface area contributed by atoms with Crippen LogP contribution in [0, 0.1) is 17.2 Å². The molecule has 6 rings (SSSR count). The lowest BCUT2D eigenvalue weighted by molar-refractivity contribution is 0.0965. The molecule has 4 atom stereocenters. The Labute approximate surface area is 208 Å². The topological polar surface area (TPSA) is 127 Å². The molecule has 0 radical (unpaired) electrons. The monoisotopic (exact) mass is 486 g/mol. The first-order chi connectivity index (χ1) is 17.5. The second kappa shape index (κ2) is 9.01. The maximum Gasteiger partial charge on any atom is 0.407 e. The van der Waals surface area contributed by atoms with E-state index in [9.17, 15) is 20.0 Å². The molecule has 3 N–H and O–H groups in total. The van der Waals surface area contributed by atoms with E-state index in [2.05, 4.69) is 28.5 Å². The SMILES string of the molecule is N#C[C@H]1CCCC[C@@H]1n1nc(Nc2ccc(C3CC4CCC(C3)N4C(=O)O)cc2)c2c(=O)[nH]ccc21. The summed E-state index contributed by atoms with van der Waals surface area (Å²) in [6.07, 6.45) is 8.28. The van der Waals surface area contributed by atoms with Crippen LogP contribution >= 0.6 is 0 Å². The maximum atomic E-state index is 12.8. The highest BCUT2D eigenvalue weighted by atomic mass is 16.4. The first-order valence-corrected chi connectivity index (χ1v) is 12.9. The predicted octanol–water partition coefficient (Wildman–Crippen LogP) is 5.11. The summed E-state index contributed by atoms with van der Waals surface area (Å²) in [5, 5.41) is 27.9. The number of pyridine rings is 1. The largest absolute Gasteiger partial charge is 0.465 e. The summed E-state index contributed by atoms with van der Waals surface area (Å²) in [7, 11) is 0. The number of fused-ring (bicyclic) bond motifs is 3. The Hall–Kier alpha value is -3.80. The van der Waals surface area contributed by atoms with Crippen molar-refractivity contribution in [2.24, 2.45) is 5.92 Å². The van der Waals surface area contributed by atoms with E-state index in [0.29, 0.717) is 17.1 Å². The summed E-state index contributed by atoms with van der Waals surface area (Å²) in [6, 6.07) is 12.7. The number of anilines is 2. The number of aromatic amines is 1. The fraction of sp³-hybridized carbons (Fsp3) is 0.481. The summed E-state index contributed by atoms with van der Waals surface area (Å²) < 4.78 is 1.88. The van der Waals surface area contributed by atoms with E-state index < -0.39 is 6.09 Å². The summed E-state index contributed by atoms with van der Waals surface area (Å²) in [5.74, 6) is 0.732. The van der Waals surface area contributed by atoms with E-state index in [0.717, 1.165) is 62.6 Å². The van der Waals surface area contributed by atoms with Gasteiger partial charge in [0.1, 0.15) is 5.39 Å². The highest BCUT2D eigenvalue weighted by Crippen LogP contribution is 2.43. The average molecular weight is 487 g/mol. The molecule has 1 aromatic carbocycles. The number of carbonyl (C=O) groups is 1. The summed E-state index contributed by atoms with van der Waals surface area (Å²) in [5.41, 5.74) is 2.59. The molecule has 2 bridgehead atoms. The number of hydrogen-bond acceptors (Lipinski definition) is 5. The van der Waals surface area contributed by atoms with Crippen LogP contribution in [0.5, 0.6) is 0 Å². The molecule has 2 aromatic heterocycles. The molecule has 9 nitrogen and oxygen atoms in total. The van der Waals surface area contributed by atoms with Crippen molar-refractivity contribution in [2.45, 2.75) is 75.4 Å². The molecule has 1 amide bonds. The lowest BCUT2D eigenvalue weighted by atomic mass is 9.85. The summed E-state index contributed by atoms with van der Waals surface area (Å²) in [4.78, 5) is 28.8. The number of carboxylic acid groups (broad SMARTS) is 1. The zero-order chi connectivity index (χ0) is 24.8. The molecule has 36 heavy (non-hydrogen) atoms. The van der Waals surface area contributed by atoms with E-state index in [1.807, 2.05) is 22.9 Å². The first-order valence-electron chi connectivity index (χ1n) is 12.9. The number of piperidine rings is 1. The minimum absolute atomic E-state index is 0.0435. The fourth-order valence-corrected chi connectivity index (χ4v) is 6.73. The van der Waals surface area contributed by atoms with Gasteiger partial charge in [0.15, 0.2) is 5.82 Å². The van der Waals surface area contributed by atoms with Gasteiger partial charge in [-0.05, 0) is 68.2 Å². The highest BCUT2D eigenvalue weighted by Gasteiger charge is 2.43. The number of nitriles is 1. The van der Waals surface area contributed by atoms with E-state index >= 15 is 0 Å². The van der Waals surface area contributed by atoms with Crippen LogP contribution in [0.1, 0.15) is 68.9 Å². The second-order valence-electron chi connectivity index (χ2n) is 10.4. The van der Waals surface area contributed by atoms with E-state index in [1.54, 1.807) is 11.1 Å². The van der Waals surface area contributed by atoms with E-state index in [4.69, 9.17) is 5.10 Å². The van der Waals surface area contributed by atoms with Gasteiger partial charge in [-0.1, -0.05) is 25.0 Å². The van der Waals surface area contributed by atoms with Crippen molar-refractivity contribution in [3.8, 4) is 6.07 Å². The van der Waals surface area contributed by atoms with Crippen molar-refractivity contribution >= 4 is 28.5 Å². The van der Waals surface area contributed by atoms with Gasteiger partial charge in [-0.25, -0.2) is 4.79 Å². The Morgan fingerprint density at radius 2 is 1.81 bits per heavy atom. The van der Waals surface area contributed by atoms with Crippen LogP contribution in [0.15, 0.2) is 41.3 Å². The normalized spacial score (nSPS) is 27.6. The molecule has 4 heterocycles. The predicted molar refractivity (Wildman–Crippen MR) is 135 cm³/mol. The molecule has 3 fully saturated rings. The number of aromatic nitrogens is 3. The Bertz CT molecular complexity index is 1370. The molecule has 1 saturated carbocycles. The highest BCUT2D eigenvalue weighted by molar-refractivity contribution is 5.91. The number of nitrogens with one attached hydrogen (secondary N) is 2. The summed E-state index contributed by atoms with van der Waals surface area (Å²) >= 11 is 0. The fourth-order valence-electron chi connectivity index (χ4n) is 6.73. The molecule has 3 aliphatic rings. The molecule has 3 aromatic rings. The Morgan fingerprint density at radius 3 is 2.50 bits per heavy atom. The maximum absolute atomic E-state index is 12.8. The van der Waals surface area contributed by atoms with E-state index in [1.165, 1.54) is 5.56 Å². The lowest BCUT2D eigenvalue weighted by Gasteiger charge is -2.37. The van der Waals surface area contributed by atoms with Crippen LogP contribution in [-0.4, -0.2) is 42.9 Å². The third-order valence-corrected chi connectivity index (χ3v) is 8.44. The minimum Gasteiger partial charge on any atom is -0.465 e. The van der Waals surface area contributed by atoms with Crippen LogP contribution in [-0.2, 0) is 0 Å². The molecule has 0 spiro atoms. The van der Waals surface area contributed by atoms with Crippen molar-refractivity contribution in [3.05, 3.63) is 52.4 Å². The van der Waals surface area contributed by atoms with Crippen LogP contribution in [0.2, 0.25) is 0 Å². The van der Waals surface area contributed by atoms with Crippen LogP contribution in [0.3, 0.4) is 0 Å². The van der Waals surface area contributed by atoms with Gasteiger partial charge in [0.25, 0.3) is 5.56 Å². The van der Waals surface area contributed by atoms with E-state index in [-0.39, 0.29) is 29.6 Å². The Kier molecular flexibility index (Phi) is 5.67. The smallest absolute Gasteiger partial charge is 0.407 e. The first kappa shape index (κ1) is 22.7. The van der Waals surface area contributed by atoms with Crippen LogP contribution < -0.4 is 10.9 Å². The molecule has 2 aliphatic heterocycles. The standard InChI is InChI=1S/C27H30N6O3/c28-15-17-3-1-2-4-22(17)33-23-11-12-29-26(34)24(23)25(31-33)30-19-7-5-16(6-8-19)18-13-20-9-10-21(14-18)32(20)27(35)36/h5-8,11-12,17-18,20-22H,1-4,9-10,13-14H2,(H,29,34)(H,30,31)(H,35,36)/t17-,18?,20?,21?,22+/m1/s1.